The number of hydrogen-bond donors (Lipinski definition) is 0. The van der Waals surface area contributed by atoms with Gasteiger partial charge in [-0.3, -0.25) is 14.7 Å². The minimum atomic E-state index is 0.218. The van der Waals surface area contributed by atoms with Gasteiger partial charge in [0.1, 0.15) is 5.75 Å². The molecule has 6 heteroatoms. The summed E-state index contributed by atoms with van der Waals surface area (Å²) in [6, 6.07) is 12.6. The number of anilines is 1. The van der Waals surface area contributed by atoms with Gasteiger partial charge >= 0.3 is 0 Å². The first-order chi connectivity index (χ1) is 14.2. The van der Waals surface area contributed by atoms with Crippen LogP contribution in [0.25, 0.3) is 0 Å². The molecule has 1 aromatic heterocycles. The number of carbonyl (C=O) groups is 1. The fraction of sp³-hybridized carbons (Fsp3) is 0.478. The van der Waals surface area contributed by atoms with Crippen molar-refractivity contribution in [3.05, 3.63) is 54.4 Å². The summed E-state index contributed by atoms with van der Waals surface area (Å²) in [6.07, 6.45) is 6.23. The molecule has 1 atom stereocenters. The predicted octanol–water partition coefficient (Wildman–Crippen LogP) is 2.45. The van der Waals surface area contributed by atoms with E-state index in [1.54, 1.807) is 19.5 Å². The topological polar surface area (TPSA) is 48.9 Å². The summed E-state index contributed by atoms with van der Waals surface area (Å²) in [5.41, 5.74) is 2.16. The number of hydrogen-bond acceptors (Lipinski definition) is 5. The first-order valence-electron chi connectivity index (χ1n) is 10.5. The van der Waals surface area contributed by atoms with Gasteiger partial charge in [0, 0.05) is 57.7 Å². The number of para-hydroxylation sites is 2. The largest absolute Gasteiger partial charge is 0.495 e. The number of carbonyl (C=O) groups excluding carboxylic acids is 1. The Morgan fingerprint density at radius 3 is 2.69 bits per heavy atom. The second kappa shape index (κ2) is 9.27. The number of pyridine rings is 1. The van der Waals surface area contributed by atoms with Crippen LogP contribution in [-0.4, -0.2) is 73.1 Å². The number of piperidine rings is 1. The fourth-order valence-corrected chi connectivity index (χ4v) is 4.49. The molecule has 2 aromatic rings. The van der Waals surface area contributed by atoms with Crippen LogP contribution < -0.4 is 9.64 Å². The normalized spacial score (nSPS) is 20.5. The van der Waals surface area contributed by atoms with Gasteiger partial charge in [-0.15, -0.1) is 0 Å². The molecular weight excluding hydrogens is 364 g/mol. The Balaban J connectivity index is 1.32. The van der Waals surface area contributed by atoms with Crippen molar-refractivity contribution in [1.82, 2.24) is 14.8 Å². The van der Waals surface area contributed by atoms with Crippen LogP contribution in [0.2, 0.25) is 0 Å². The SMILES string of the molecule is COc1ccccc1N1CCN([C@@H]2CCCN(C(=O)Cc3cccnc3)C2)CC1. The molecule has 0 unspecified atom stereocenters. The monoisotopic (exact) mass is 394 g/mol. The molecule has 2 aliphatic heterocycles. The maximum absolute atomic E-state index is 12.8. The first kappa shape index (κ1) is 19.7. The van der Waals surface area contributed by atoms with E-state index in [2.05, 4.69) is 26.9 Å². The quantitative estimate of drug-likeness (QED) is 0.780. The molecular formula is C23H30N4O2. The van der Waals surface area contributed by atoms with Crippen molar-refractivity contribution >= 4 is 11.6 Å². The van der Waals surface area contributed by atoms with E-state index in [1.807, 2.05) is 29.2 Å². The number of aromatic nitrogens is 1. The van der Waals surface area contributed by atoms with Crippen LogP contribution in [0.1, 0.15) is 18.4 Å². The van der Waals surface area contributed by atoms with Crippen molar-refractivity contribution < 1.29 is 9.53 Å². The zero-order chi connectivity index (χ0) is 20.1. The van der Waals surface area contributed by atoms with Crippen LogP contribution in [-0.2, 0) is 11.2 Å². The van der Waals surface area contributed by atoms with Crippen molar-refractivity contribution in [3.8, 4) is 5.75 Å². The Labute approximate surface area is 173 Å². The highest BCUT2D eigenvalue weighted by Gasteiger charge is 2.30. The maximum atomic E-state index is 12.8. The van der Waals surface area contributed by atoms with E-state index in [-0.39, 0.29) is 5.91 Å². The van der Waals surface area contributed by atoms with Gasteiger partial charge in [0.2, 0.25) is 5.91 Å². The van der Waals surface area contributed by atoms with E-state index in [0.29, 0.717) is 12.5 Å². The number of likely N-dealkylation sites (tertiary alicyclic amines) is 1. The summed E-state index contributed by atoms with van der Waals surface area (Å²) in [7, 11) is 1.73. The van der Waals surface area contributed by atoms with E-state index in [9.17, 15) is 4.79 Å². The molecule has 2 saturated heterocycles. The van der Waals surface area contributed by atoms with Crippen molar-refractivity contribution in [1.29, 1.82) is 0 Å². The summed E-state index contributed by atoms with van der Waals surface area (Å²) in [6.45, 7) is 5.73. The Hall–Kier alpha value is -2.60. The molecule has 0 bridgehead atoms. The van der Waals surface area contributed by atoms with E-state index >= 15 is 0 Å². The molecule has 2 aliphatic rings. The van der Waals surface area contributed by atoms with Gasteiger partial charge < -0.3 is 14.5 Å². The number of benzene rings is 1. The lowest BCUT2D eigenvalue weighted by Gasteiger charge is -2.44. The van der Waals surface area contributed by atoms with Gasteiger partial charge in [-0.2, -0.15) is 0 Å². The molecule has 0 spiro atoms. The third-order valence-corrected chi connectivity index (χ3v) is 6.08. The maximum Gasteiger partial charge on any atom is 0.227 e. The standard InChI is InChI=1S/C23H30N4O2/c1-29-22-9-3-2-8-21(22)26-14-12-25(13-15-26)20-7-5-11-27(18-20)23(28)16-19-6-4-10-24-17-19/h2-4,6,8-10,17,20H,5,7,11-16,18H2,1H3/t20-/m1/s1. The Morgan fingerprint density at radius 1 is 1.10 bits per heavy atom. The zero-order valence-electron chi connectivity index (χ0n) is 17.2. The molecule has 1 amide bonds. The van der Waals surface area contributed by atoms with Gasteiger partial charge in [0.15, 0.2) is 0 Å². The van der Waals surface area contributed by atoms with Crippen molar-refractivity contribution in [2.75, 3.05) is 51.3 Å². The second-order valence-electron chi connectivity index (χ2n) is 7.87. The van der Waals surface area contributed by atoms with Crippen LogP contribution in [0.15, 0.2) is 48.8 Å². The lowest BCUT2D eigenvalue weighted by Crippen LogP contribution is -2.56. The van der Waals surface area contributed by atoms with Gasteiger partial charge in [0.05, 0.1) is 19.2 Å². The molecule has 0 saturated carbocycles. The average molecular weight is 395 g/mol. The van der Waals surface area contributed by atoms with Crippen LogP contribution in [0, 0.1) is 0 Å². The first-order valence-corrected chi connectivity index (χ1v) is 10.5. The molecule has 0 N–H and O–H groups in total. The van der Waals surface area contributed by atoms with Crippen molar-refractivity contribution in [2.45, 2.75) is 25.3 Å². The van der Waals surface area contributed by atoms with E-state index in [1.165, 1.54) is 12.1 Å². The summed E-state index contributed by atoms with van der Waals surface area (Å²) in [5, 5.41) is 0. The lowest BCUT2D eigenvalue weighted by molar-refractivity contribution is -0.132. The summed E-state index contributed by atoms with van der Waals surface area (Å²) >= 11 is 0. The van der Waals surface area contributed by atoms with Crippen molar-refractivity contribution in [3.63, 3.8) is 0 Å². The number of methoxy groups -OCH3 is 1. The number of piperazine rings is 1. The molecule has 0 radical (unpaired) electrons. The fourth-order valence-electron chi connectivity index (χ4n) is 4.49. The minimum Gasteiger partial charge on any atom is -0.495 e. The summed E-state index contributed by atoms with van der Waals surface area (Å²) < 4.78 is 5.53. The molecule has 4 rings (SSSR count). The Kier molecular flexibility index (Phi) is 6.30. The van der Waals surface area contributed by atoms with E-state index in [4.69, 9.17) is 4.74 Å². The average Bonchev–Trinajstić information content (AvgIpc) is 2.80. The highest BCUT2D eigenvalue weighted by Crippen LogP contribution is 2.29. The van der Waals surface area contributed by atoms with Crippen LogP contribution in [0.4, 0.5) is 5.69 Å². The van der Waals surface area contributed by atoms with Gasteiger partial charge in [-0.25, -0.2) is 0 Å². The Morgan fingerprint density at radius 2 is 1.93 bits per heavy atom. The van der Waals surface area contributed by atoms with Gasteiger partial charge in [0.25, 0.3) is 0 Å². The highest BCUT2D eigenvalue weighted by molar-refractivity contribution is 5.78. The zero-order valence-corrected chi connectivity index (χ0v) is 17.2. The molecule has 2 fully saturated rings. The molecule has 29 heavy (non-hydrogen) atoms. The number of rotatable bonds is 5. The minimum absolute atomic E-state index is 0.218. The Bertz CT molecular complexity index is 806. The number of amides is 1. The molecule has 3 heterocycles. The summed E-state index contributed by atoms with van der Waals surface area (Å²) in [4.78, 5) is 23.9. The smallest absolute Gasteiger partial charge is 0.227 e. The molecule has 1 aromatic carbocycles. The van der Waals surface area contributed by atoms with E-state index < -0.39 is 0 Å². The highest BCUT2D eigenvalue weighted by atomic mass is 16.5. The number of nitrogens with zero attached hydrogens (tertiary/aromatic N) is 4. The predicted molar refractivity (Wildman–Crippen MR) is 114 cm³/mol. The molecule has 0 aliphatic carbocycles. The summed E-state index contributed by atoms with van der Waals surface area (Å²) in [5.74, 6) is 1.15. The second-order valence-corrected chi connectivity index (χ2v) is 7.87. The van der Waals surface area contributed by atoms with Gasteiger partial charge in [-0.05, 0) is 36.6 Å². The van der Waals surface area contributed by atoms with Crippen molar-refractivity contribution in [2.24, 2.45) is 0 Å². The van der Waals surface area contributed by atoms with Gasteiger partial charge in [-0.1, -0.05) is 18.2 Å². The van der Waals surface area contributed by atoms with Crippen LogP contribution in [0.3, 0.4) is 0 Å². The van der Waals surface area contributed by atoms with E-state index in [0.717, 1.165) is 57.0 Å². The number of ether oxygens (including phenoxy) is 1. The van der Waals surface area contributed by atoms with Crippen LogP contribution >= 0.6 is 0 Å². The third-order valence-electron chi connectivity index (χ3n) is 6.08. The third kappa shape index (κ3) is 4.70. The molecule has 154 valence electrons. The lowest BCUT2D eigenvalue weighted by atomic mass is 10.0. The molecule has 6 nitrogen and oxygen atoms in total. The van der Waals surface area contributed by atoms with Crippen LogP contribution in [0.5, 0.6) is 5.75 Å².